The van der Waals surface area contributed by atoms with Crippen molar-refractivity contribution >= 4 is 17.4 Å². The molecule has 1 saturated heterocycles. The van der Waals surface area contributed by atoms with Crippen molar-refractivity contribution in [3.63, 3.8) is 0 Å². The molecule has 3 heterocycles. The number of benzene rings is 2. The van der Waals surface area contributed by atoms with Crippen molar-refractivity contribution in [1.29, 1.82) is 0 Å². The number of phenolic OH excluding ortho intramolecular Hbond substituents is 1. The third-order valence-electron chi connectivity index (χ3n) is 8.05. The van der Waals surface area contributed by atoms with E-state index in [0.29, 0.717) is 48.1 Å². The zero-order chi connectivity index (χ0) is 31.8. The number of phenols is 1. The summed E-state index contributed by atoms with van der Waals surface area (Å²) in [5.74, 6) is -0.215. The van der Waals surface area contributed by atoms with Gasteiger partial charge in [-0.3, -0.25) is 0 Å². The standard InChI is InChI=1S/C35H42N4O5/c1-8-18-43-35(7)14-16-38(17-15-35)32-30(31(33(41)42)44-34(4,5)6)23(3)36-29-21-27(37-39(29)32)25-11-9-10-24(20-25)26-19-22(2)12-13-28(26)40/h8-13,19-21,31,40H,1,14-18H2,2-7H3,(H,41,42)/t31-/m0/s1. The molecule has 0 unspecified atom stereocenters. The summed E-state index contributed by atoms with van der Waals surface area (Å²) in [6.07, 6.45) is 2.01. The summed E-state index contributed by atoms with van der Waals surface area (Å²) < 4.78 is 14.0. The van der Waals surface area contributed by atoms with Crippen molar-refractivity contribution in [2.75, 3.05) is 24.6 Å². The van der Waals surface area contributed by atoms with E-state index in [2.05, 4.69) is 18.4 Å². The molecule has 0 radical (unpaired) electrons. The van der Waals surface area contributed by atoms with Crippen LogP contribution in [-0.4, -0.2) is 61.7 Å². The Labute approximate surface area is 258 Å². The quantitative estimate of drug-likeness (QED) is 0.201. The molecule has 0 amide bonds. The van der Waals surface area contributed by atoms with E-state index >= 15 is 0 Å². The second-order valence-electron chi connectivity index (χ2n) is 12.8. The number of aromatic nitrogens is 3. The summed E-state index contributed by atoms with van der Waals surface area (Å²) in [6, 6.07) is 15.3. The van der Waals surface area contributed by atoms with E-state index < -0.39 is 17.7 Å². The van der Waals surface area contributed by atoms with Gasteiger partial charge < -0.3 is 24.6 Å². The zero-order valence-corrected chi connectivity index (χ0v) is 26.4. The first-order chi connectivity index (χ1) is 20.8. The molecule has 44 heavy (non-hydrogen) atoms. The summed E-state index contributed by atoms with van der Waals surface area (Å²) in [5, 5.41) is 26.0. The summed E-state index contributed by atoms with van der Waals surface area (Å²) in [4.78, 5) is 19.7. The number of nitrogens with zero attached hydrogens (tertiary/aromatic N) is 4. The molecule has 2 aromatic heterocycles. The topological polar surface area (TPSA) is 109 Å². The van der Waals surface area contributed by atoms with Gasteiger partial charge in [0.05, 0.1) is 29.1 Å². The van der Waals surface area contributed by atoms with Gasteiger partial charge in [0.1, 0.15) is 11.6 Å². The Hall–Kier alpha value is -4.21. The Morgan fingerprint density at radius 1 is 1.11 bits per heavy atom. The van der Waals surface area contributed by atoms with Crippen LogP contribution in [0.15, 0.2) is 61.2 Å². The van der Waals surface area contributed by atoms with E-state index in [4.69, 9.17) is 19.6 Å². The first-order valence-corrected chi connectivity index (χ1v) is 15.0. The van der Waals surface area contributed by atoms with Gasteiger partial charge in [0.25, 0.3) is 0 Å². The summed E-state index contributed by atoms with van der Waals surface area (Å²) in [7, 11) is 0. The van der Waals surface area contributed by atoms with E-state index in [-0.39, 0.29) is 11.4 Å². The highest BCUT2D eigenvalue weighted by molar-refractivity contribution is 5.80. The number of ether oxygens (including phenoxy) is 2. The molecule has 5 rings (SSSR count). The molecular formula is C35H42N4O5. The molecular weight excluding hydrogens is 556 g/mol. The van der Waals surface area contributed by atoms with Crippen molar-refractivity contribution < 1.29 is 24.5 Å². The fourth-order valence-electron chi connectivity index (χ4n) is 5.78. The predicted octanol–water partition coefficient (Wildman–Crippen LogP) is 6.89. The minimum absolute atomic E-state index is 0.208. The van der Waals surface area contributed by atoms with Gasteiger partial charge in [-0.05, 0) is 78.1 Å². The molecule has 1 aliphatic rings. The highest BCUT2D eigenvalue weighted by Crippen LogP contribution is 2.39. The van der Waals surface area contributed by atoms with Crippen LogP contribution in [0.3, 0.4) is 0 Å². The summed E-state index contributed by atoms with van der Waals surface area (Å²) >= 11 is 0. The number of anilines is 1. The number of aryl methyl sites for hydroxylation is 2. The van der Waals surface area contributed by atoms with E-state index in [1.807, 2.05) is 77.1 Å². The lowest BCUT2D eigenvalue weighted by atomic mass is 9.92. The molecule has 4 aromatic rings. The van der Waals surface area contributed by atoms with Gasteiger partial charge in [-0.1, -0.05) is 35.9 Å². The second kappa shape index (κ2) is 12.1. The lowest BCUT2D eigenvalue weighted by Gasteiger charge is -2.41. The summed E-state index contributed by atoms with van der Waals surface area (Å²) in [5.41, 5.74) is 4.84. The molecule has 2 aromatic carbocycles. The number of hydrogen-bond acceptors (Lipinski definition) is 7. The number of aromatic hydroxyl groups is 1. The Morgan fingerprint density at radius 3 is 2.48 bits per heavy atom. The Morgan fingerprint density at radius 2 is 1.82 bits per heavy atom. The Kier molecular flexibility index (Phi) is 8.55. The van der Waals surface area contributed by atoms with Gasteiger partial charge >= 0.3 is 5.97 Å². The van der Waals surface area contributed by atoms with Crippen LogP contribution in [0, 0.1) is 13.8 Å². The molecule has 9 heteroatoms. The fraction of sp³-hybridized carbons (Fsp3) is 0.400. The molecule has 1 aliphatic heterocycles. The van der Waals surface area contributed by atoms with Gasteiger partial charge in [0.15, 0.2) is 11.8 Å². The normalized spacial score (nSPS) is 15.8. The van der Waals surface area contributed by atoms with Crippen molar-refractivity contribution in [2.45, 2.75) is 71.7 Å². The number of piperidine rings is 1. The average Bonchev–Trinajstić information content (AvgIpc) is 3.39. The van der Waals surface area contributed by atoms with Gasteiger partial charge in [0, 0.05) is 36.0 Å². The number of carboxylic acid groups (broad SMARTS) is 1. The molecule has 0 spiro atoms. The maximum atomic E-state index is 12.7. The Balaban J connectivity index is 1.65. The van der Waals surface area contributed by atoms with Crippen LogP contribution in [0.2, 0.25) is 0 Å². The number of hydrogen-bond donors (Lipinski definition) is 2. The Bertz CT molecular complexity index is 1700. The van der Waals surface area contributed by atoms with Crippen LogP contribution >= 0.6 is 0 Å². The van der Waals surface area contributed by atoms with Gasteiger partial charge in [-0.25, -0.2) is 9.78 Å². The number of carbonyl (C=O) groups is 1. The molecule has 232 valence electrons. The van der Waals surface area contributed by atoms with Crippen LogP contribution in [0.1, 0.15) is 63.5 Å². The fourth-order valence-corrected chi connectivity index (χ4v) is 5.78. The second-order valence-corrected chi connectivity index (χ2v) is 12.8. The van der Waals surface area contributed by atoms with Crippen LogP contribution in [0.5, 0.6) is 5.75 Å². The lowest BCUT2D eigenvalue weighted by Crippen LogP contribution is -2.45. The largest absolute Gasteiger partial charge is 0.507 e. The molecule has 0 bridgehead atoms. The minimum Gasteiger partial charge on any atom is -0.507 e. The first-order valence-electron chi connectivity index (χ1n) is 15.0. The predicted molar refractivity (Wildman–Crippen MR) is 172 cm³/mol. The number of aliphatic carboxylic acids is 1. The maximum Gasteiger partial charge on any atom is 0.337 e. The number of rotatable bonds is 9. The van der Waals surface area contributed by atoms with Gasteiger partial charge in [-0.15, -0.1) is 6.58 Å². The van der Waals surface area contributed by atoms with Crippen molar-refractivity contribution in [3.8, 4) is 28.1 Å². The van der Waals surface area contributed by atoms with E-state index in [9.17, 15) is 15.0 Å². The van der Waals surface area contributed by atoms with E-state index in [1.54, 1.807) is 16.7 Å². The molecule has 2 N–H and O–H groups in total. The smallest absolute Gasteiger partial charge is 0.337 e. The third-order valence-corrected chi connectivity index (χ3v) is 8.05. The summed E-state index contributed by atoms with van der Waals surface area (Å²) in [6.45, 7) is 17.0. The lowest BCUT2D eigenvalue weighted by molar-refractivity contribution is -0.160. The van der Waals surface area contributed by atoms with Gasteiger partial charge in [-0.2, -0.15) is 9.61 Å². The average molecular weight is 599 g/mol. The van der Waals surface area contributed by atoms with Crippen LogP contribution in [0.4, 0.5) is 5.82 Å². The molecule has 0 saturated carbocycles. The highest BCUT2D eigenvalue weighted by Gasteiger charge is 2.37. The zero-order valence-electron chi connectivity index (χ0n) is 26.4. The van der Waals surface area contributed by atoms with Crippen molar-refractivity contribution in [2.24, 2.45) is 0 Å². The van der Waals surface area contributed by atoms with Crippen LogP contribution < -0.4 is 4.90 Å². The van der Waals surface area contributed by atoms with Crippen molar-refractivity contribution in [3.05, 3.63) is 78.0 Å². The molecule has 9 nitrogen and oxygen atoms in total. The van der Waals surface area contributed by atoms with Gasteiger partial charge in [0.2, 0.25) is 0 Å². The molecule has 1 fully saturated rings. The maximum absolute atomic E-state index is 12.7. The molecule has 0 aliphatic carbocycles. The minimum atomic E-state index is -1.24. The number of fused-ring (bicyclic) bond motifs is 1. The van der Waals surface area contributed by atoms with E-state index in [1.165, 1.54) is 0 Å². The highest BCUT2D eigenvalue weighted by atomic mass is 16.5. The van der Waals surface area contributed by atoms with Crippen molar-refractivity contribution in [1.82, 2.24) is 14.6 Å². The van der Waals surface area contributed by atoms with E-state index in [0.717, 1.165) is 35.1 Å². The van der Waals surface area contributed by atoms with Crippen LogP contribution in [-0.2, 0) is 14.3 Å². The monoisotopic (exact) mass is 598 g/mol. The SMILES string of the molecule is C=CCOC1(C)CCN(c2c([C@H](OC(C)(C)C)C(=O)O)c(C)nc3cc(-c4cccc(-c5cc(C)ccc5O)c4)nn23)CC1. The third kappa shape index (κ3) is 6.49. The number of carboxylic acids is 1. The first kappa shape index (κ1) is 31.2. The van der Waals surface area contributed by atoms with Crippen LogP contribution in [0.25, 0.3) is 28.0 Å². The molecule has 1 atom stereocenters.